The van der Waals surface area contributed by atoms with Gasteiger partial charge in [0.1, 0.15) is 5.75 Å². The van der Waals surface area contributed by atoms with Crippen LogP contribution >= 0.6 is 0 Å². The second-order valence-electron chi connectivity index (χ2n) is 5.87. The van der Waals surface area contributed by atoms with Gasteiger partial charge in [-0.3, -0.25) is 9.59 Å². The summed E-state index contributed by atoms with van der Waals surface area (Å²) in [6.07, 6.45) is 3.65. The van der Waals surface area contributed by atoms with Gasteiger partial charge < -0.3 is 19.7 Å². The summed E-state index contributed by atoms with van der Waals surface area (Å²) < 4.78 is 11.0. The van der Waals surface area contributed by atoms with Gasteiger partial charge in [0.05, 0.1) is 6.10 Å². The first-order valence-corrected chi connectivity index (χ1v) is 8.14. The molecule has 23 heavy (non-hydrogen) atoms. The standard InChI is InChI=1S/C17H22N2O4/c20-16(18-11-15-6-3-9-22-15)12-23-14-5-1-4-13(10-14)19-8-2-7-17(19)21/h1,4-5,10,15H,2-3,6-9,11-12H2,(H,18,20). The molecule has 1 unspecified atom stereocenters. The summed E-state index contributed by atoms with van der Waals surface area (Å²) in [5, 5.41) is 2.82. The Balaban J connectivity index is 1.47. The molecule has 0 aromatic heterocycles. The van der Waals surface area contributed by atoms with E-state index in [0.717, 1.165) is 38.1 Å². The Bertz CT molecular complexity index is 569. The minimum atomic E-state index is -0.164. The Hall–Kier alpha value is -2.08. The number of nitrogens with zero attached hydrogens (tertiary/aromatic N) is 1. The van der Waals surface area contributed by atoms with Gasteiger partial charge in [-0.25, -0.2) is 0 Å². The maximum Gasteiger partial charge on any atom is 0.258 e. The van der Waals surface area contributed by atoms with E-state index in [0.29, 0.717) is 18.7 Å². The van der Waals surface area contributed by atoms with Crippen molar-refractivity contribution in [2.75, 3.05) is 31.2 Å². The van der Waals surface area contributed by atoms with Crippen LogP contribution in [0.25, 0.3) is 0 Å². The summed E-state index contributed by atoms with van der Waals surface area (Å²) in [4.78, 5) is 25.3. The fourth-order valence-corrected chi connectivity index (χ4v) is 2.90. The van der Waals surface area contributed by atoms with Gasteiger partial charge in [-0.1, -0.05) is 6.07 Å². The molecule has 2 aliphatic rings. The quantitative estimate of drug-likeness (QED) is 0.863. The van der Waals surface area contributed by atoms with Gasteiger partial charge in [0.25, 0.3) is 5.91 Å². The molecule has 6 heteroatoms. The number of carbonyl (C=O) groups excluding carboxylic acids is 2. The third-order valence-electron chi connectivity index (χ3n) is 4.12. The van der Waals surface area contributed by atoms with Crippen LogP contribution in [0, 0.1) is 0 Å². The monoisotopic (exact) mass is 318 g/mol. The van der Waals surface area contributed by atoms with Crippen molar-refractivity contribution in [3.05, 3.63) is 24.3 Å². The average molecular weight is 318 g/mol. The summed E-state index contributed by atoms with van der Waals surface area (Å²) in [7, 11) is 0. The molecule has 2 saturated heterocycles. The molecule has 124 valence electrons. The molecule has 2 amide bonds. The zero-order valence-corrected chi connectivity index (χ0v) is 13.1. The zero-order valence-electron chi connectivity index (χ0n) is 13.1. The molecule has 2 aliphatic heterocycles. The lowest BCUT2D eigenvalue weighted by atomic mass is 10.2. The number of benzene rings is 1. The van der Waals surface area contributed by atoms with Crippen molar-refractivity contribution in [2.45, 2.75) is 31.8 Å². The molecule has 1 aromatic rings. The third-order valence-corrected chi connectivity index (χ3v) is 4.12. The largest absolute Gasteiger partial charge is 0.484 e. The first kappa shape index (κ1) is 15.8. The van der Waals surface area contributed by atoms with E-state index in [4.69, 9.17) is 9.47 Å². The minimum absolute atomic E-state index is 0.0376. The van der Waals surface area contributed by atoms with E-state index in [-0.39, 0.29) is 24.5 Å². The number of rotatable bonds is 6. The van der Waals surface area contributed by atoms with Gasteiger partial charge in [0.2, 0.25) is 5.91 Å². The molecule has 0 aliphatic carbocycles. The smallest absolute Gasteiger partial charge is 0.258 e. The second kappa shape index (κ2) is 7.46. The summed E-state index contributed by atoms with van der Waals surface area (Å²) in [5.74, 6) is 0.564. The van der Waals surface area contributed by atoms with Crippen molar-refractivity contribution >= 4 is 17.5 Å². The van der Waals surface area contributed by atoms with Gasteiger partial charge in [-0.2, -0.15) is 0 Å². The van der Waals surface area contributed by atoms with Crippen LogP contribution in [-0.4, -0.2) is 44.2 Å². The number of hydrogen-bond acceptors (Lipinski definition) is 4. The molecule has 1 N–H and O–H groups in total. The Kier molecular flexibility index (Phi) is 5.12. The molecule has 0 radical (unpaired) electrons. The van der Waals surface area contributed by atoms with Crippen molar-refractivity contribution in [3.63, 3.8) is 0 Å². The molecular weight excluding hydrogens is 296 g/mol. The van der Waals surface area contributed by atoms with E-state index in [2.05, 4.69) is 5.32 Å². The Morgan fingerprint density at radius 3 is 3.04 bits per heavy atom. The molecule has 0 spiro atoms. The van der Waals surface area contributed by atoms with Gasteiger partial charge in [0.15, 0.2) is 6.61 Å². The molecule has 1 atom stereocenters. The van der Waals surface area contributed by atoms with E-state index >= 15 is 0 Å². The highest BCUT2D eigenvalue weighted by Gasteiger charge is 2.22. The van der Waals surface area contributed by atoms with E-state index in [9.17, 15) is 9.59 Å². The zero-order chi connectivity index (χ0) is 16.1. The fourth-order valence-electron chi connectivity index (χ4n) is 2.90. The Labute approximate surface area is 135 Å². The predicted octanol–water partition coefficient (Wildman–Crippen LogP) is 1.49. The van der Waals surface area contributed by atoms with Crippen LogP contribution in [0.15, 0.2) is 24.3 Å². The van der Waals surface area contributed by atoms with Crippen molar-refractivity contribution in [1.29, 1.82) is 0 Å². The maximum atomic E-state index is 11.8. The first-order chi connectivity index (χ1) is 11.2. The normalized spacial score (nSPS) is 20.8. The minimum Gasteiger partial charge on any atom is -0.484 e. The molecule has 0 bridgehead atoms. The summed E-state index contributed by atoms with van der Waals surface area (Å²) >= 11 is 0. The number of carbonyl (C=O) groups is 2. The first-order valence-electron chi connectivity index (χ1n) is 8.14. The van der Waals surface area contributed by atoms with Gasteiger partial charge >= 0.3 is 0 Å². The predicted molar refractivity (Wildman–Crippen MR) is 85.5 cm³/mol. The number of nitrogens with one attached hydrogen (secondary N) is 1. The Morgan fingerprint density at radius 1 is 1.39 bits per heavy atom. The fraction of sp³-hybridized carbons (Fsp3) is 0.529. The van der Waals surface area contributed by atoms with Crippen molar-refractivity contribution in [3.8, 4) is 5.75 Å². The van der Waals surface area contributed by atoms with Crippen LogP contribution in [0.5, 0.6) is 5.75 Å². The molecule has 2 heterocycles. The van der Waals surface area contributed by atoms with Crippen LogP contribution in [0.1, 0.15) is 25.7 Å². The van der Waals surface area contributed by atoms with E-state index < -0.39 is 0 Å². The van der Waals surface area contributed by atoms with E-state index in [1.165, 1.54) is 0 Å². The van der Waals surface area contributed by atoms with E-state index in [1.54, 1.807) is 17.0 Å². The topological polar surface area (TPSA) is 67.9 Å². The SMILES string of the molecule is O=C(COc1cccc(N2CCCC2=O)c1)NCC1CCCO1. The van der Waals surface area contributed by atoms with Crippen molar-refractivity contribution in [1.82, 2.24) is 5.32 Å². The second-order valence-corrected chi connectivity index (χ2v) is 5.87. The number of anilines is 1. The van der Waals surface area contributed by atoms with Crippen molar-refractivity contribution < 1.29 is 19.1 Å². The maximum absolute atomic E-state index is 11.8. The van der Waals surface area contributed by atoms with Gasteiger partial charge in [-0.15, -0.1) is 0 Å². The average Bonchev–Trinajstić information content (AvgIpc) is 3.22. The highest BCUT2D eigenvalue weighted by atomic mass is 16.5. The third kappa shape index (κ3) is 4.22. The molecule has 0 saturated carbocycles. The number of hydrogen-bond donors (Lipinski definition) is 1. The lowest BCUT2D eigenvalue weighted by Crippen LogP contribution is -2.35. The van der Waals surface area contributed by atoms with Gasteiger partial charge in [-0.05, 0) is 31.4 Å². The van der Waals surface area contributed by atoms with Gasteiger partial charge in [0, 0.05) is 37.9 Å². The number of amides is 2. The van der Waals surface area contributed by atoms with Crippen LogP contribution in [0.2, 0.25) is 0 Å². The summed E-state index contributed by atoms with van der Waals surface area (Å²) in [5.41, 5.74) is 0.824. The van der Waals surface area contributed by atoms with Crippen LogP contribution < -0.4 is 15.0 Å². The van der Waals surface area contributed by atoms with Crippen molar-refractivity contribution in [2.24, 2.45) is 0 Å². The number of ether oxygens (including phenoxy) is 2. The molecular formula is C17H22N2O4. The summed E-state index contributed by atoms with van der Waals surface area (Å²) in [6.45, 7) is 2.01. The highest BCUT2D eigenvalue weighted by Crippen LogP contribution is 2.25. The molecule has 6 nitrogen and oxygen atoms in total. The lowest BCUT2D eigenvalue weighted by Gasteiger charge is -2.17. The Morgan fingerprint density at radius 2 is 2.30 bits per heavy atom. The summed E-state index contributed by atoms with van der Waals surface area (Å²) in [6, 6.07) is 7.31. The molecule has 3 rings (SSSR count). The molecule has 2 fully saturated rings. The van der Waals surface area contributed by atoms with Crippen LogP contribution in [0.4, 0.5) is 5.69 Å². The lowest BCUT2D eigenvalue weighted by molar-refractivity contribution is -0.123. The van der Waals surface area contributed by atoms with Crippen LogP contribution in [0.3, 0.4) is 0 Å². The molecule has 1 aromatic carbocycles. The van der Waals surface area contributed by atoms with E-state index in [1.807, 2.05) is 12.1 Å². The highest BCUT2D eigenvalue weighted by molar-refractivity contribution is 5.95. The van der Waals surface area contributed by atoms with Crippen LogP contribution in [-0.2, 0) is 14.3 Å².